The van der Waals surface area contributed by atoms with E-state index in [9.17, 15) is 18.0 Å². The molecule has 0 spiro atoms. The van der Waals surface area contributed by atoms with Crippen molar-refractivity contribution in [3.05, 3.63) is 72.9 Å². The highest BCUT2D eigenvalue weighted by Crippen LogP contribution is 2.24. The molecule has 160 valence electrons. The van der Waals surface area contributed by atoms with Gasteiger partial charge in [-0.1, -0.05) is 18.2 Å². The fourth-order valence-corrected chi connectivity index (χ4v) is 5.84. The number of pyridine rings is 1. The first-order chi connectivity index (χ1) is 14.7. The van der Waals surface area contributed by atoms with Crippen LogP contribution in [-0.4, -0.2) is 25.2 Å². The summed E-state index contributed by atoms with van der Waals surface area (Å²) in [5.41, 5.74) is 1.08. The first kappa shape index (κ1) is 22.3. The van der Waals surface area contributed by atoms with Crippen LogP contribution >= 0.6 is 0 Å². The maximum Gasteiger partial charge on any atom is 0.288 e. The van der Waals surface area contributed by atoms with E-state index in [1.165, 1.54) is 32.2 Å². The monoisotopic (exact) mass is 456 g/mol. The normalized spacial score (nSPS) is 12.2. The third-order valence-electron chi connectivity index (χ3n) is 3.87. The second kappa shape index (κ2) is 9.63. The zero-order valence-electron chi connectivity index (χ0n) is 16.8. The van der Waals surface area contributed by atoms with Crippen LogP contribution in [0.5, 0.6) is 0 Å². The molecule has 0 aliphatic carbocycles. The lowest BCUT2D eigenvalue weighted by molar-refractivity contribution is -0.115. The van der Waals surface area contributed by atoms with Gasteiger partial charge in [0.1, 0.15) is 5.03 Å². The number of benzene rings is 2. The van der Waals surface area contributed by atoms with Crippen molar-refractivity contribution in [2.24, 2.45) is 3.77 Å². The summed E-state index contributed by atoms with van der Waals surface area (Å²) >= 11 is 0. The van der Waals surface area contributed by atoms with Crippen molar-refractivity contribution < 1.29 is 18.0 Å². The van der Waals surface area contributed by atoms with E-state index < -0.39 is 20.7 Å². The molecular formula is C21H20N4O4S2. The molecule has 8 nitrogen and oxygen atoms in total. The molecule has 1 atom stereocenters. The van der Waals surface area contributed by atoms with Crippen LogP contribution in [0.4, 0.5) is 11.4 Å². The number of nitrogens with zero attached hydrogens (tertiary/aromatic N) is 2. The molecule has 0 unspecified atom stereocenters. The molecule has 2 amide bonds. The van der Waals surface area contributed by atoms with E-state index >= 15 is 0 Å². The van der Waals surface area contributed by atoms with Gasteiger partial charge in [-0.25, -0.2) is 4.98 Å². The number of amides is 2. The standard InChI is InChI=1S/C21H20N4O4S2/c1-15(26)23-17-8-11-19(12-9-17)30(21-13-10-18(14-22-21)24-16(2)27)25-31(28,29)20-6-4-3-5-7-20/h3-14H,1-2H3,(H,23,26)(H,24,27)/t30-/m0/s1. The van der Waals surface area contributed by atoms with Gasteiger partial charge >= 0.3 is 0 Å². The van der Waals surface area contributed by atoms with Gasteiger partial charge in [0.2, 0.25) is 11.8 Å². The van der Waals surface area contributed by atoms with E-state index in [0.717, 1.165) is 0 Å². The minimum absolute atomic E-state index is 0.0808. The summed E-state index contributed by atoms with van der Waals surface area (Å²) in [6, 6.07) is 17.9. The van der Waals surface area contributed by atoms with E-state index in [-0.39, 0.29) is 16.7 Å². The SMILES string of the molecule is CC(=O)Nc1ccc([S@](=NS(=O)(=O)c2ccccc2)c2ccc(NC(C)=O)cn2)cc1. The summed E-state index contributed by atoms with van der Waals surface area (Å²) in [6.45, 7) is 2.79. The van der Waals surface area contributed by atoms with Gasteiger partial charge in [-0.3, -0.25) is 9.59 Å². The van der Waals surface area contributed by atoms with Crippen LogP contribution in [0.15, 0.2) is 91.5 Å². The number of anilines is 2. The second-order valence-electron chi connectivity index (χ2n) is 6.42. The molecule has 3 aromatic rings. The lowest BCUT2D eigenvalue weighted by Crippen LogP contribution is -2.08. The quantitative estimate of drug-likeness (QED) is 0.588. The smallest absolute Gasteiger partial charge is 0.288 e. The highest BCUT2D eigenvalue weighted by Gasteiger charge is 2.17. The van der Waals surface area contributed by atoms with Crippen molar-refractivity contribution in [3.8, 4) is 0 Å². The van der Waals surface area contributed by atoms with Gasteiger partial charge in [-0.05, 0) is 59.2 Å². The highest BCUT2D eigenvalue weighted by molar-refractivity contribution is 8.00. The van der Waals surface area contributed by atoms with E-state index in [0.29, 0.717) is 21.3 Å². The van der Waals surface area contributed by atoms with Gasteiger partial charge < -0.3 is 10.6 Å². The van der Waals surface area contributed by atoms with Gasteiger partial charge in [0.25, 0.3) is 10.0 Å². The maximum atomic E-state index is 12.9. The number of aromatic nitrogens is 1. The fourth-order valence-electron chi connectivity index (χ4n) is 2.58. The summed E-state index contributed by atoms with van der Waals surface area (Å²) in [4.78, 5) is 27.5. The molecule has 0 fully saturated rings. The third kappa shape index (κ3) is 6.06. The third-order valence-corrected chi connectivity index (χ3v) is 7.47. The van der Waals surface area contributed by atoms with E-state index in [1.807, 2.05) is 0 Å². The lowest BCUT2D eigenvalue weighted by Gasteiger charge is -2.11. The summed E-state index contributed by atoms with van der Waals surface area (Å²) in [6.07, 6.45) is 1.45. The van der Waals surface area contributed by atoms with Gasteiger partial charge in [0, 0.05) is 24.4 Å². The van der Waals surface area contributed by atoms with Crippen LogP contribution < -0.4 is 10.6 Å². The Balaban J connectivity index is 2.08. The molecule has 0 saturated heterocycles. The van der Waals surface area contributed by atoms with Gasteiger partial charge in [0.05, 0.1) is 16.8 Å². The van der Waals surface area contributed by atoms with E-state index in [1.54, 1.807) is 54.6 Å². The predicted octanol–water partition coefficient (Wildman–Crippen LogP) is 3.61. The first-order valence-corrected chi connectivity index (χ1v) is 11.8. The molecule has 31 heavy (non-hydrogen) atoms. The van der Waals surface area contributed by atoms with Crippen LogP contribution in [0.1, 0.15) is 13.8 Å². The van der Waals surface area contributed by atoms with Crippen molar-refractivity contribution in [3.63, 3.8) is 0 Å². The lowest BCUT2D eigenvalue weighted by atomic mass is 10.3. The maximum absolute atomic E-state index is 12.9. The topological polar surface area (TPSA) is 118 Å². The van der Waals surface area contributed by atoms with E-state index in [2.05, 4.69) is 19.4 Å². The Morgan fingerprint density at radius 3 is 1.97 bits per heavy atom. The fraction of sp³-hybridized carbons (Fsp3) is 0.0952. The van der Waals surface area contributed by atoms with Crippen molar-refractivity contribution in [1.82, 2.24) is 4.98 Å². The number of sulfonamides is 1. The van der Waals surface area contributed by atoms with Crippen molar-refractivity contribution >= 4 is 43.9 Å². The molecule has 10 heteroatoms. The van der Waals surface area contributed by atoms with Gasteiger partial charge in [0.15, 0.2) is 0 Å². The van der Waals surface area contributed by atoms with Gasteiger partial charge in [-0.15, -0.1) is 3.77 Å². The number of carbonyl (C=O) groups excluding carboxylic acids is 2. The number of carbonyl (C=O) groups is 2. The minimum Gasteiger partial charge on any atom is -0.326 e. The molecule has 0 saturated carbocycles. The van der Waals surface area contributed by atoms with Crippen LogP contribution in [-0.2, 0) is 30.3 Å². The Morgan fingerprint density at radius 2 is 1.42 bits per heavy atom. The molecular weight excluding hydrogens is 436 g/mol. The zero-order valence-corrected chi connectivity index (χ0v) is 18.4. The Kier molecular flexibility index (Phi) is 6.93. The molecule has 0 radical (unpaired) electrons. The first-order valence-electron chi connectivity index (χ1n) is 9.13. The molecule has 0 aliphatic rings. The van der Waals surface area contributed by atoms with Crippen molar-refractivity contribution in [1.29, 1.82) is 0 Å². The minimum atomic E-state index is -3.96. The molecule has 0 bridgehead atoms. The molecule has 2 aromatic carbocycles. The van der Waals surface area contributed by atoms with Crippen LogP contribution in [0, 0.1) is 0 Å². The zero-order chi connectivity index (χ0) is 22.4. The summed E-state index contributed by atoms with van der Waals surface area (Å²) in [5.74, 6) is -0.447. The van der Waals surface area contributed by atoms with Crippen molar-refractivity contribution in [2.75, 3.05) is 10.6 Å². The average molecular weight is 457 g/mol. The molecule has 1 aromatic heterocycles. The molecule has 1 heterocycles. The average Bonchev–Trinajstić information content (AvgIpc) is 2.73. The summed E-state index contributed by atoms with van der Waals surface area (Å²) < 4.78 is 30.0. The number of hydrogen-bond acceptors (Lipinski definition) is 5. The second-order valence-corrected chi connectivity index (χ2v) is 9.90. The molecule has 0 aliphatic heterocycles. The number of nitrogens with one attached hydrogen (secondary N) is 2. The number of hydrogen-bond donors (Lipinski definition) is 2. The Labute approximate surface area is 182 Å². The van der Waals surface area contributed by atoms with Crippen LogP contribution in [0.25, 0.3) is 0 Å². The highest BCUT2D eigenvalue weighted by atomic mass is 32.3. The predicted molar refractivity (Wildman–Crippen MR) is 119 cm³/mol. The Hall–Kier alpha value is -3.37. The van der Waals surface area contributed by atoms with Gasteiger partial charge in [-0.2, -0.15) is 8.42 Å². The van der Waals surface area contributed by atoms with Crippen LogP contribution in [0.3, 0.4) is 0 Å². The largest absolute Gasteiger partial charge is 0.326 e. The molecule has 2 N–H and O–H groups in total. The van der Waals surface area contributed by atoms with Crippen molar-refractivity contribution in [2.45, 2.75) is 28.7 Å². The Bertz CT molecular complexity index is 1160. The summed E-state index contributed by atoms with van der Waals surface area (Å²) in [7, 11) is -5.22. The molecule has 3 rings (SSSR count). The number of rotatable bonds is 6. The van der Waals surface area contributed by atoms with E-state index in [4.69, 9.17) is 0 Å². The Morgan fingerprint density at radius 1 is 0.839 bits per heavy atom. The van der Waals surface area contributed by atoms with Crippen LogP contribution in [0.2, 0.25) is 0 Å². The summed E-state index contributed by atoms with van der Waals surface area (Å²) in [5, 5.41) is 5.71.